The molecular weight excluding hydrogens is 389 g/mol. The van der Waals surface area contributed by atoms with Gasteiger partial charge in [0.15, 0.2) is 5.78 Å². The summed E-state index contributed by atoms with van der Waals surface area (Å²) in [5.41, 5.74) is -4.24. The highest BCUT2D eigenvalue weighted by atomic mass is 19.4. The van der Waals surface area contributed by atoms with Crippen LogP contribution in [0.1, 0.15) is 22.2 Å². The minimum Gasteiger partial charge on any atom is -0.404 e. The summed E-state index contributed by atoms with van der Waals surface area (Å²) in [4.78, 5) is 38.1. The van der Waals surface area contributed by atoms with Crippen LogP contribution in [0, 0.1) is 16.0 Å². The monoisotopic (exact) mass is 400 g/mol. The summed E-state index contributed by atoms with van der Waals surface area (Å²) < 4.78 is 45.8. The van der Waals surface area contributed by atoms with Crippen LogP contribution < -0.4 is 10.6 Å². The highest BCUT2D eigenvalue weighted by Crippen LogP contribution is 2.44. The number of urea groups is 1. The first-order chi connectivity index (χ1) is 13.0. The molecule has 2 amide bonds. The molecule has 1 aliphatic rings. The zero-order valence-electron chi connectivity index (χ0n) is 13.6. The Labute approximate surface area is 153 Å². The van der Waals surface area contributed by atoms with Crippen molar-refractivity contribution in [1.29, 1.82) is 0 Å². The Hall–Kier alpha value is -3.48. The number of pyridine rings is 1. The predicted molar refractivity (Wildman–Crippen MR) is 82.8 cm³/mol. The Morgan fingerprint density at radius 2 is 2.07 bits per heavy atom. The Morgan fingerprint density at radius 1 is 1.36 bits per heavy atom. The summed E-state index contributed by atoms with van der Waals surface area (Å²) >= 11 is 0. The third-order valence-electron chi connectivity index (χ3n) is 4.13. The van der Waals surface area contributed by atoms with Crippen LogP contribution >= 0.6 is 0 Å². The van der Waals surface area contributed by atoms with Gasteiger partial charge in [-0.25, -0.2) is 4.79 Å². The summed E-state index contributed by atoms with van der Waals surface area (Å²) in [6.45, 7) is 0. The lowest BCUT2D eigenvalue weighted by Gasteiger charge is -2.44. The van der Waals surface area contributed by atoms with Crippen molar-refractivity contribution in [3.8, 4) is 0 Å². The molecule has 148 valence electrons. The smallest absolute Gasteiger partial charge is 0.404 e. The van der Waals surface area contributed by atoms with E-state index in [4.69, 9.17) is 4.42 Å². The lowest BCUT2D eigenvalue weighted by molar-refractivity contribution is -0.402. The van der Waals surface area contributed by atoms with Gasteiger partial charge in [0.1, 0.15) is 22.6 Å². The zero-order chi connectivity index (χ0) is 20.7. The number of rotatable bonds is 4. The molecule has 0 aliphatic carbocycles. The fourth-order valence-electron chi connectivity index (χ4n) is 2.87. The van der Waals surface area contributed by atoms with Crippen LogP contribution in [0.15, 0.2) is 41.1 Å². The zero-order valence-corrected chi connectivity index (χ0v) is 13.6. The minimum absolute atomic E-state index is 0.279. The van der Waals surface area contributed by atoms with Crippen molar-refractivity contribution in [1.82, 2.24) is 15.6 Å². The molecule has 0 unspecified atom stereocenters. The molecule has 0 spiro atoms. The Morgan fingerprint density at radius 3 is 2.61 bits per heavy atom. The molecule has 3 heterocycles. The maximum Gasteiger partial charge on any atom is 0.437 e. The van der Waals surface area contributed by atoms with E-state index >= 15 is 0 Å². The minimum atomic E-state index is -5.45. The average molecular weight is 400 g/mol. The summed E-state index contributed by atoms with van der Waals surface area (Å²) in [5, 5.41) is 24.5. The predicted octanol–water partition coefficient (Wildman–Crippen LogP) is 1.69. The number of nitrogens with one attached hydrogen (secondary N) is 2. The second-order valence-corrected chi connectivity index (χ2v) is 5.86. The summed E-state index contributed by atoms with van der Waals surface area (Å²) in [6, 6.07) is 0.961. The Bertz CT molecular complexity index is 931. The average Bonchev–Trinajstić information content (AvgIpc) is 3.11. The van der Waals surface area contributed by atoms with Crippen LogP contribution in [0.25, 0.3) is 0 Å². The maximum absolute atomic E-state index is 13.6. The standard InChI is InChI=1S/C15H11F3N4O6/c16-15(17,18)14(25)10(12(23)7-2-1-5-19-6-7)11(20-13(24)21-14)8-3-4-9(28-8)22(26)27/h1-6,10-11,25H,(H2,20,21,24)/t10-,11+,14-/m1/s1. The van der Waals surface area contributed by atoms with Crippen LogP contribution in [0.3, 0.4) is 0 Å². The number of ketones is 1. The lowest BCUT2D eigenvalue weighted by Crippen LogP contribution is -2.72. The number of hydrogen-bond acceptors (Lipinski definition) is 7. The van der Waals surface area contributed by atoms with Crippen LogP contribution in [-0.4, -0.2) is 38.7 Å². The number of alkyl halides is 3. The van der Waals surface area contributed by atoms with Crippen LogP contribution in [0.2, 0.25) is 0 Å². The maximum atomic E-state index is 13.6. The fourth-order valence-corrected chi connectivity index (χ4v) is 2.87. The van der Waals surface area contributed by atoms with Crippen molar-refractivity contribution >= 4 is 17.7 Å². The molecule has 3 rings (SSSR count). The molecule has 1 saturated heterocycles. The van der Waals surface area contributed by atoms with Crippen molar-refractivity contribution in [3.05, 3.63) is 58.1 Å². The van der Waals surface area contributed by atoms with Crippen molar-refractivity contribution in [2.75, 3.05) is 0 Å². The van der Waals surface area contributed by atoms with Crippen molar-refractivity contribution < 1.29 is 37.2 Å². The van der Waals surface area contributed by atoms with E-state index in [0.717, 1.165) is 18.3 Å². The van der Waals surface area contributed by atoms with Gasteiger partial charge in [-0.15, -0.1) is 0 Å². The second-order valence-electron chi connectivity index (χ2n) is 5.86. The quantitative estimate of drug-likeness (QED) is 0.402. The molecule has 3 atom stereocenters. The van der Waals surface area contributed by atoms with Gasteiger partial charge in [0.25, 0.3) is 0 Å². The van der Waals surface area contributed by atoms with Crippen LogP contribution in [0.4, 0.5) is 23.8 Å². The first-order valence-corrected chi connectivity index (χ1v) is 7.60. The third-order valence-corrected chi connectivity index (χ3v) is 4.13. The van der Waals surface area contributed by atoms with Gasteiger partial charge in [-0.05, 0) is 18.2 Å². The highest BCUT2D eigenvalue weighted by molar-refractivity contribution is 6.00. The van der Waals surface area contributed by atoms with E-state index < -0.39 is 52.2 Å². The largest absolute Gasteiger partial charge is 0.437 e. The molecule has 1 fully saturated rings. The number of aromatic nitrogens is 1. The number of halogens is 3. The fraction of sp³-hybridized carbons (Fsp3) is 0.267. The molecule has 0 aromatic carbocycles. The molecule has 0 bridgehead atoms. The number of nitrogens with zero attached hydrogens (tertiary/aromatic N) is 2. The molecule has 0 saturated carbocycles. The topological polar surface area (TPSA) is 148 Å². The summed E-state index contributed by atoms with van der Waals surface area (Å²) in [7, 11) is 0. The molecular formula is C15H11F3N4O6. The molecule has 1 aliphatic heterocycles. The van der Waals surface area contributed by atoms with Gasteiger partial charge in [-0.2, -0.15) is 13.2 Å². The number of carbonyl (C=O) groups is 2. The first-order valence-electron chi connectivity index (χ1n) is 7.60. The van der Waals surface area contributed by atoms with E-state index in [0.29, 0.717) is 0 Å². The van der Waals surface area contributed by atoms with E-state index in [9.17, 15) is 38.0 Å². The second kappa shape index (κ2) is 6.60. The number of amides is 2. The van der Waals surface area contributed by atoms with Gasteiger partial charge in [0, 0.05) is 18.0 Å². The van der Waals surface area contributed by atoms with E-state index in [2.05, 4.69) is 4.98 Å². The Balaban J connectivity index is 2.15. The number of carbonyl (C=O) groups excluding carboxylic acids is 2. The van der Waals surface area contributed by atoms with Gasteiger partial charge in [0.05, 0.1) is 6.07 Å². The number of Topliss-reactive ketones (excluding diaryl/α,β-unsaturated/α-hetero) is 1. The van der Waals surface area contributed by atoms with Gasteiger partial charge in [-0.3, -0.25) is 19.9 Å². The van der Waals surface area contributed by atoms with E-state index in [1.165, 1.54) is 23.6 Å². The van der Waals surface area contributed by atoms with Crippen molar-refractivity contribution in [2.45, 2.75) is 17.9 Å². The normalized spacial score (nSPS) is 24.9. The molecule has 28 heavy (non-hydrogen) atoms. The third kappa shape index (κ3) is 3.15. The van der Waals surface area contributed by atoms with Gasteiger partial charge < -0.3 is 20.2 Å². The molecule has 2 aromatic rings. The van der Waals surface area contributed by atoms with E-state index in [1.807, 2.05) is 5.32 Å². The number of hydrogen-bond donors (Lipinski definition) is 3. The number of furan rings is 1. The van der Waals surface area contributed by atoms with Gasteiger partial charge in [0.2, 0.25) is 5.72 Å². The highest BCUT2D eigenvalue weighted by Gasteiger charge is 2.67. The molecule has 13 heteroatoms. The molecule has 3 N–H and O–H groups in total. The van der Waals surface area contributed by atoms with Gasteiger partial charge >= 0.3 is 18.1 Å². The van der Waals surface area contributed by atoms with Crippen LogP contribution in [-0.2, 0) is 0 Å². The first kappa shape index (κ1) is 19.3. The van der Waals surface area contributed by atoms with E-state index in [-0.39, 0.29) is 5.56 Å². The van der Waals surface area contributed by atoms with Gasteiger partial charge in [-0.1, -0.05) is 0 Å². The lowest BCUT2D eigenvalue weighted by atomic mass is 9.79. The molecule has 2 aromatic heterocycles. The Kier molecular flexibility index (Phi) is 4.54. The summed E-state index contributed by atoms with van der Waals surface area (Å²) in [6.07, 6.45) is -3.19. The number of nitro groups is 1. The van der Waals surface area contributed by atoms with Crippen molar-refractivity contribution in [2.24, 2.45) is 5.92 Å². The molecule has 0 radical (unpaired) electrons. The van der Waals surface area contributed by atoms with E-state index in [1.54, 1.807) is 0 Å². The number of aliphatic hydroxyl groups is 1. The van der Waals surface area contributed by atoms with Crippen LogP contribution in [0.5, 0.6) is 0 Å². The SMILES string of the molecule is O=C1N[C@@H](c2ccc([N+](=O)[O-])o2)[C@H](C(=O)c2cccnc2)[C@@](O)(C(F)(F)F)N1. The van der Waals surface area contributed by atoms with Crippen molar-refractivity contribution in [3.63, 3.8) is 0 Å². The summed E-state index contributed by atoms with van der Waals surface area (Å²) in [5.74, 6) is -4.90. The molecule has 10 nitrogen and oxygen atoms in total.